The maximum Gasteiger partial charge on any atom is 0.262 e. The topological polar surface area (TPSA) is 117 Å². The molecule has 0 aromatic heterocycles. The van der Waals surface area contributed by atoms with Crippen LogP contribution < -0.4 is 16.4 Å². The number of imide groups is 1. The summed E-state index contributed by atoms with van der Waals surface area (Å²) >= 11 is 0. The monoisotopic (exact) mass is 382 g/mol. The first-order valence-corrected chi connectivity index (χ1v) is 9.67. The molecule has 2 aliphatic heterocycles. The van der Waals surface area contributed by atoms with Crippen molar-refractivity contribution in [1.29, 1.82) is 0 Å². The molecule has 2 heterocycles. The van der Waals surface area contributed by atoms with Crippen molar-refractivity contribution in [3.8, 4) is 0 Å². The van der Waals surface area contributed by atoms with E-state index < -0.39 is 11.2 Å². The lowest BCUT2D eigenvalue weighted by Crippen LogP contribution is -2.58. The molecule has 8 heteroatoms. The predicted molar refractivity (Wildman–Crippen MR) is 108 cm³/mol. The predicted octanol–water partition coefficient (Wildman–Crippen LogP) is 2.19. The zero-order valence-corrected chi connectivity index (χ0v) is 16.5. The molecule has 0 radical (unpaired) electrons. The van der Waals surface area contributed by atoms with Gasteiger partial charge in [0, 0.05) is 11.2 Å². The van der Waals surface area contributed by atoms with Crippen LogP contribution in [-0.4, -0.2) is 39.8 Å². The minimum Gasteiger partial charge on any atom is -0.369 e. The molecule has 3 aliphatic rings. The average Bonchev–Trinajstić information content (AvgIpc) is 2.85. The number of anilines is 1. The molecule has 0 unspecified atom stereocenters. The molecule has 2 amide bonds. The molecule has 0 atom stereocenters. The van der Waals surface area contributed by atoms with Crippen LogP contribution in [0.4, 0.5) is 5.69 Å². The fourth-order valence-electron chi connectivity index (χ4n) is 4.47. The van der Waals surface area contributed by atoms with Crippen LogP contribution >= 0.6 is 0 Å². The molecule has 4 rings (SSSR count). The molecule has 1 aromatic carbocycles. The van der Waals surface area contributed by atoms with E-state index in [9.17, 15) is 9.59 Å². The van der Waals surface area contributed by atoms with Gasteiger partial charge < -0.3 is 11.5 Å². The van der Waals surface area contributed by atoms with E-state index in [-0.39, 0.29) is 23.7 Å². The molecule has 148 valence electrons. The van der Waals surface area contributed by atoms with Crippen LogP contribution in [0, 0.1) is 0 Å². The van der Waals surface area contributed by atoms with Gasteiger partial charge in [-0.3, -0.25) is 19.4 Å². The molecule has 28 heavy (non-hydrogen) atoms. The van der Waals surface area contributed by atoms with Gasteiger partial charge in [-0.05, 0) is 64.7 Å². The number of nitrogens with zero attached hydrogens (tertiary/aromatic N) is 4. The second kappa shape index (κ2) is 6.05. The van der Waals surface area contributed by atoms with Crippen molar-refractivity contribution in [3.05, 3.63) is 29.3 Å². The third kappa shape index (κ3) is 2.66. The van der Waals surface area contributed by atoms with E-state index in [0.717, 1.165) is 32.1 Å². The van der Waals surface area contributed by atoms with Gasteiger partial charge in [-0.15, -0.1) is 0 Å². The number of aliphatic imine (C=N–C) groups is 2. The Labute approximate surface area is 164 Å². The normalized spacial score (nSPS) is 21.7. The Kier molecular flexibility index (Phi) is 3.99. The van der Waals surface area contributed by atoms with Gasteiger partial charge in [-0.25, -0.2) is 4.99 Å². The summed E-state index contributed by atoms with van der Waals surface area (Å²) in [5, 5.41) is 0. The summed E-state index contributed by atoms with van der Waals surface area (Å²) in [4.78, 5) is 37.7. The van der Waals surface area contributed by atoms with E-state index in [2.05, 4.69) is 9.98 Å². The lowest BCUT2D eigenvalue weighted by atomic mass is 9.87. The van der Waals surface area contributed by atoms with Crippen molar-refractivity contribution in [2.45, 2.75) is 64.1 Å². The third-order valence-corrected chi connectivity index (χ3v) is 5.65. The quantitative estimate of drug-likeness (QED) is 0.722. The molecule has 1 saturated carbocycles. The van der Waals surface area contributed by atoms with Crippen LogP contribution in [0.2, 0.25) is 0 Å². The van der Waals surface area contributed by atoms with Gasteiger partial charge in [0.2, 0.25) is 11.9 Å². The number of guanidine groups is 2. The number of carbonyl (C=O) groups is 2. The van der Waals surface area contributed by atoms with Gasteiger partial charge >= 0.3 is 0 Å². The Bertz CT molecular complexity index is 921. The number of amides is 2. The highest BCUT2D eigenvalue weighted by Crippen LogP contribution is 2.41. The molecule has 1 aromatic rings. The van der Waals surface area contributed by atoms with Gasteiger partial charge in [0.05, 0.1) is 11.1 Å². The first-order valence-electron chi connectivity index (χ1n) is 9.67. The first-order chi connectivity index (χ1) is 13.1. The summed E-state index contributed by atoms with van der Waals surface area (Å²) in [7, 11) is 0. The molecule has 0 bridgehead atoms. The van der Waals surface area contributed by atoms with E-state index in [4.69, 9.17) is 11.5 Å². The van der Waals surface area contributed by atoms with Gasteiger partial charge in [-0.2, -0.15) is 4.99 Å². The van der Waals surface area contributed by atoms with E-state index >= 15 is 0 Å². The summed E-state index contributed by atoms with van der Waals surface area (Å²) < 4.78 is 0. The van der Waals surface area contributed by atoms with E-state index in [1.54, 1.807) is 12.1 Å². The fraction of sp³-hybridized carbons (Fsp3) is 0.500. The van der Waals surface area contributed by atoms with Crippen LogP contribution in [0.25, 0.3) is 0 Å². The van der Waals surface area contributed by atoms with E-state index in [1.807, 2.05) is 31.7 Å². The molecule has 1 aliphatic carbocycles. The highest BCUT2D eigenvalue weighted by atomic mass is 16.2. The highest BCUT2D eigenvalue weighted by Gasteiger charge is 2.45. The smallest absolute Gasteiger partial charge is 0.262 e. The molecule has 1 spiro atoms. The molecule has 1 fully saturated rings. The molecule has 8 nitrogen and oxygen atoms in total. The van der Waals surface area contributed by atoms with Crippen LogP contribution in [0.3, 0.4) is 0 Å². The van der Waals surface area contributed by atoms with Crippen molar-refractivity contribution in [2.24, 2.45) is 21.5 Å². The first kappa shape index (κ1) is 18.5. The van der Waals surface area contributed by atoms with Gasteiger partial charge in [0.1, 0.15) is 5.66 Å². The fourth-order valence-corrected chi connectivity index (χ4v) is 4.47. The van der Waals surface area contributed by atoms with Gasteiger partial charge in [0.25, 0.3) is 11.8 Å². The minimum absolute atomic E-state index is 0.182. The zero-order valence-electron chi connectivity index (χ0n) is 16.5. The second-order valence-electron chi connectivity index (χ2n) is 8.66. The molecule has 0 saturated heterocycles. The zero-order chi connectivity index (χ0) is 20.3. The van der Waals surface area contributed by atoms with Gasteiger partial charge in [0.15, 0.2) is 0 Å². The standard InChI is InChI=1S/C20H26N6O2/c1-19(2,3)26-15(27)13-8-7-12(11-14(13)16(26)28)25-18(22)23-17(21)24-20(25)9-5-4-6-10-20/h7-8,11H,4-6,9-10H2,1-3H3,(H4,21,22,23,24). The maximum absolute atomic E-state index is 13.0. The minimum atomic E-state index is -0.595. The van der Waals surface area contributed by atoms with E-state index in [0.29, 0.717) is 16.8 Å². The largest absolute Gasteiger partial charge is 0.369 e. The third-order valence-electron chi connectivity index (χ3n) is 5.65. The summed E-state index contributed by atoms with van der Waals surface area (Å²) in [5.74, 6) is -0.114. The van der Waals surface area contributed by atoms with Crippen molar-refractivity contribution >= 4 is 29.4 Å². The Morgan fingerprint density at radius 3 is 2.29 bits per heavy atom. The van der Waals surface area contributed by atoms with Crippen molar-refractivity contribution in [3.63, 3.8) is 0 Å². The lowest BCUT2D eigenvalue weighted by Gasteiger charge is -2.45. The number of hydrogen-bond donors (Lipinski definition) is 2. The van der Waals surface area contributed by atoms with Crippen LogP contribution in [0.5, 0.6) is 0 Å². The molecule has 4 N–H and O–H groups in total. The van der Waals surface area contributed by atoms with Crippen LogP contribution in [-0.2, 0) is 0 Å². The lowest BCUT2D eigenvalue weighted by molar-refractivity contribution is 0.0508. The van der Waals surface area contributed by atoms with Crippen molar-refractivity contribution in [1.82, 2.24) is 4.90 Å². The summed E-state index contributed by atoms with van der Waals surface area (Å²) in [5.41, 5.74) is 12.5. The second-order valence-corrected chi connectivity index (χ2v) is 8.66. The Balaban J connectivity index is 1.79. The van der Waals surface area contributed by atoms with Crippen molar-refractivity contribution in [2.75, 3.05) is 4.90 Å². The molecular formula is C20H26N6O2. The van der Waals surface area contributed by atoms with E-state index in [1.165, 1.54) is 4.90 Å². The number of rotatable bonds is 1. The van der Waals surface area contributed by atoms with Crippen LogP contribution in [0.15, 0.2) is 28.2 Å². The number of fused-ring (bicyclic) bond motifs is 1. The Morgan fingerprint density at radius 2 is 1.64 bits per heavy atom. The molecular weight excluding hydrogens is 356 g/mol. The summed E-state index contributed by atoms with van der Waals surface area (Å²) in [6.07, 6.45) is 4.78. The van der Waals surface area contributed by atoms with Crippen LogP contribution in [0.1, 0.15) is 73.6 Å². The average molecular weight is 382 g/mol. The number of nitrogens with two attached hydrogens (primary N) is 2. The SMILES string of the molecule is CC(C)(C)N1C(=O)c2ccc(N3C(N)=NC(N)=NC34CCCCC4)cc2C1=O. The van der Waals surface area contributed by atoms with Crippen molar-refractivity contribution < 1.29 is 9.59 Å². The Morgan fingerprint density at radius 1 is 1.00 bits per heavy atom. The Hall–Kier alpha value is -2.90. The summed E-state index contributed by atoms with van der Waals surface area (Å²) in [6, 6.07) is 5.24. The maximum atomic E-state index is 13.0. The summed E-state index contributed by atoms with van der Waals surface area (Å²) in [6.45, 7) is 5.54. The number of carbonyl (C=O) groups excluding carboxylic acids is 2. The number of hydrogen-bond acceptors (Lipinski definition) is 7. The number of benzene rings is 1. The highest BCUT2D eigenvalue weighted by molar-refractivity contribution is 6.22. The van der Waals surface area contributed by atoms with Gasteiger partial charge in [-0.1, -0.05) is 6.42 Å².